The lowest BCUT2D eigenvalue weighted by Crippen LogP contribution is -2.43. The Labute approximate surface area is 182 Å². The number of benzene rings is 2. The van der Waals surface area contributed by atoms with Crippen molar-refractivity contribution in [2.45, 2.75) is 51.6 Å². The number of carbonyl (C=O) groups excluding carboxylic acids is 2. The van der Waals surface area contributed by atoms with Crippen molar-refractivity contribution in [2.24, 2.45) is 0 Å². The number of rotatable bonds is 4. The fraction of sp³-hybridized carbons (Fsp3) is 0.360. The average molecular weight is 417 g/mol. The molecule has 0 bridgehead atoms. The lowest BCUT2D eigenvalue weighted by Gasteiger charge is -2.17. The predicted octanol–water partition coefficient (Wildman–Crippen LogP) is 3.96. The first kappa shape index (κ1) is 19.7. The Morgan fingerprint density at radius 2 is 1.94 bits per heavy atom. The summed E-state index contributed by atoms with van der Waals surface area (Å²) in [6.45, 7) is 2.98. The van der Waals surface area contributed by atoms with Crippen LogP contribution in [0.1, 0.15) is 41.6 Å². The van der Waals surface area contributed by atoms with E-state index in [9.17, 15) is 9.59 Å². The summed E-state index contributed by atoms with van der Waals surface area (Å²) in [5.74, 6) is 0.0387. The molecule has 1 aliphatic carbocycles. The maximum Gasteiger partial charge on any atom is 0.315 e. The quantitative estimate of drug-likeness (QED) is 0.602. The van der Waals surface area contributed by atoms with Crippen LogP contribution in [0.2, 0.25) is 0 Å². The summed E-state index contributed by atoms with van der Waals surface area (Å²) < 4.78 is 0. The first-order valence-electron chi connectivity index (χ1n) is 11.1. The van der Waals surface area contributed by atoms with Crippen LogP contribution in [0.4, 0.5) is 10.5 Å². The SMILES string of the molecule is Cc1ccc(N2C[C@H](NC(=O)NCc3ccc4[nH]c5c(c4c3)CCCC5)CC2=O)cc1. The van der Waals surface area contributed by atoms with Gasteiger partial charge in [0.05, 0.1) is 6.04 Å². The van der Waals surface area contributed by atoms with Gasteiger partial charge in [-0.05, 0) is 68.0 Å². The number of fused-ring (bicyclic) bond motifs is 3. The van der Waals surface area contributed by atoms with Gasteiger partial charge in [-0.3, -0.25) is 4.79 Å². The number of nitrogens with one attached hydrogen (secondary N) is 3. The van der Waals surface area contributed by atoms with Gasteiger partial charge in [-0.15, -0.1) is 0 Å². The fourth-order valence-electron chi connectivity index (χ4n) is 4.76. The molecule has 31 heavy (non-hydrogen) atoms. The Bertz CT molecular complexity index is 1130. The van der Waals surface area contributed by atoms with Crippen molar-refractivity contribution in [1.29, 1.82) is 0 Å². The van der Waals surface area contributed by atoms with Crippen LogP contribution in [0.25, 0.3) is 10.9 Å². The topological polar surface area (TPSA) is 77.2 Å². The number of urea groups is 1. The van der Waals surface area contributed by atoms with Crippen LogP contribution in [-0.2, 0) is 24.2 Å². The second kappa shape index (κ2) is 8.10. The third kappa shape index (κ3) is 4.02. The standard InChI is InChI=1S/C25H28N4O2/c1-16-6-9-19(10-7-16)29-15-18(13-24(29)30)27-25(31)26-14-17-8-11-23-21(12-17)20-4-2-3-5-22(20)28-23/h6-12,18,28H,2-5,13-15H2,1H3,(H2,26,27,31)/t18-/m1/s1. The molecule has 3 aromatic rings. The molecule has 1 fully saturated rings. The number of H-pyrrole nitrogens is 1. The molecule has 6 heteroatoms. The predicted molar refractivity (Wildman–Crippen MR) is 122 cm³/mol. The first-order chi connectivity index (χ1) is 15.1. The number of carbonyl (C=O) groups is 2. The highest BCUT2D eigenvalue weighted by molar-refractivity contribution is 5.96. The van der Waals surface area contributed by atoms with E-state index in [0.717, 1.165) is 29.7 Å². The second-order valence-corrected chi connectivity index (χ2v) is 8.74. The highest BCUT2D eigenvalue weighted by Crippen LogP contribution is 2.29. The van der Waals surface area contributed by atoms with E-state index in [1.807, 2.05) is 31.2 Å². The largest absolute Gasteiger partial charge is 0.358 e. The van der Waals surface area contributed by atoms with Crippen LogP contribution in [0.15, 0.2) is 42.5 Å². The number of hydrogen-bond donors (Lipinski definition) is 3. The molecule has 160 valence electrons. The molecule has 5 rings (SSSR count). The highest BCUT2D eigenvalue weighted by Gasteiger charge is 2.31. The molecule has 1 saturated heterocycles. The van der Waals surface area contributed by atoms with E-state index >= 15 is 0 Å². The van der Waals surface area contributed by atoms with Gasteiger partial charge >= 0.3 is 6.03 Å². The van der Waals surface area contributed by atoms with Crippen molar-refractivity contribution in [3.8, 4) is 0 Å². The third-order valence-electron chi connectivity index (χ3n) is 6.42. The maximum absolute atomic E-state index is 12.5. The van der Waals surface area contributed by atoms with E-state index in [1.54, 1.807) is 4.90 Å². The molecule has 3 amide bonds. The van der Waals surface area contributed by atoms with Gasteiger partial charge in [-0.2, -0.15) is 0 Å². The van der Waals surface area contributed by atoms with Gasteiger partial charge in [0.25, 0.3) is 0 Å². The molecular formula is C25H28N4O2. The average Bonchev–Trinajstić information content (AvgIpc) is 3.32. The Kier molecular flexibility index (Phi) is 5.14. The van der Waals surface area contributed by atoms with Crippen LogP contribution < -0.4 is 15.5 Å². The second-order valence-electron chi connectivity index (χ2n) is 8.74. The molecule has 0 radical (unpaired) electrons. The van der Waals surface area contributed by atoms with Crippen LogP contribution in [-0.4, -0.2) is 29.5 Å². The van der Waals surface area contributed by atoms with E-state index in [0.29, 0.717) is 19.5 Å². The molecule has 2 heterocycles. The Morgan fingerprint density at radius 3 is 2.77 bits per heavy atom. The summed E-state index contributed by atoms with van der Waals surface area (Å²) in [5, 5.41) is 7.19. The van der Waals surface area contributed by atoms with Crippen molar-refractivity contribution in [3.05, 3.63) is 64.8 Å². The number of amides is 3. The lowest BCUT2D eigenvalue weighted by molar-refractivity contribution is -0.117. The van der Waals surface area contributed by atoms with Gasteiger partial charge in [-0.25, -0.2) is 4.79 Å². The molecule has 1 atom stereocenters. The van der Waals surface area contributed by atoms with Crippen molar-refractivity contribution in [1.82, 2.24) is 15.6 Å². The number of aromatic amines is 1. The number of aryl methyl sites for hydroxylation is 3. The summed E-state index contributed by atoms with van der Waals surface area (Å²) >= 11 is 0. The molecule has 1 aromatic heterocycles. The smallest absolute Gasteiger partial charge is 0.315 e. The molecule has 0 unspecified atom stereocenters. The normalized spacial score (nSPS) is 18.3. The van der Waals surface area contributed by atoms with Gasteiger partial charge in [0, 0.05) is 41.8 Å². The molecule has 0 saturated carbocycles. The lowest BCUT2D eigenvalue weighted by atomic mass is 9.95. The van der Waals surface area contributed by atoms with Gasteiger partial charge in [-0.1, -0.05) is 23.8 Å². The van der Waals surface area contributed by atoms with Gasteiger partial charge < -0.3 is 20.5 Å². The van der Waals surface area contributed by atoms with Gasteiger partial charge in [0.1, 0.15) is 0 Å². The third-order valence-corrected chi connectivity index (χ3v) is 6.42. The van der Waals surface area contributed by atoms with Crippen LogP contribution in [0.5, 0.6) is 0 Å². The van der Waals surface area contributed by atoms with Crippen LogP contribution >= 0.6 is 0 Å². The molecule has 0 spiro atoms. The van der Waals surface area contributed by atoms with E-state index in [1.165, 1.54) is 35.0 Å². The summed E-state index contributed by atoms with van der Waals surface area (Å²) in [7, 11) is 0. The molecule has 6 nitrogen and oxygen atoms in total. The summed E-state index contributed by atoms with van der Waals surface area (Å²) in [6, 6.07) is 13.8. The Balaban J connectivity index is 1.18. The maximum atomic E-state index is 12.5. The van der Waals surface area contributed by atoms with Crippen molar-refractivity contribution < 1.29 is 9.59 Å². The Morgan fingerprint density at radius 1 is 1.13 bits per heavy atom. The molecule has 2 aromatic carbocycles. The molecule has 1 aliphatic heterocycles. The van der Waals surface area contributed by atoms with Crippen LogP contribution in [0, 0.1) is 6.92 Å². The van der Waals surface area contributed by atoms with Gasteiger partial charge in [0.2, 0.25) is 5.91 Å². The number of nitrogens with zero attached hydrogens (tertiary/aromatic N) is 1. The summed E-state index contributed by atoms with van der Waals surface area (Å²) in [6.07, 6.45) is 5.06. The highest BCUT2D eigenvalue weighted by atomic mass is 16.2. The minimum absolute atomic E-state index is 0.0387. The van der Waals surface area contributed by atoms with Crippen molar-refractivity contribution >= 4 is 28.5 Å². The van der Waals surface area contributed by atoms with Gasteiger partial charge in [0.15, 0.2) is 0 Å². The minimum Gasteiger partial charge on any atom is -0.358 e. The summed E-state index contributed by atoms with van der Waals surface area (Å²) in [4.78, 5) is 30.1. The summed E-state index contributed by atoms with van der Waals surface area (Å²) in [5.41, 5.74) is 7.10. The monoisotopic (exact) mass is 416 g/mol. The fourth-order valence-corrected chi connectivity index (χ4v) is 4.76. The van der Waals surface area contributed by atoms with Crippen molar-refractivity contribution in [3.63, 3.8) is 0 Å². The first-order valence-corrected chi connectivity index (χ1v) is 11.1. The number of hydrogen-bond acceptors (Lipinski definition) is 2. The zero-order chi connectivity index (χ0) is 21.4. The van der Waals surface area contributed by atoms with E-state index < -0.39 is 0 Å². The molecule has 2 aliphatic rings. The zero-order valence-corrected chi connectivity index (χ0v) is 17.8. The van der Waals surface area contributed by atoms with E-state index in [2.05, 4.69) is 33.8 Å². The number of aromatic nitrogens is 1. The minimum atomic E-state index is -0.236. The molecular weight excluding hydrogens is 388 g/mol. The van der Waals surface area contributed by atoms with E-state index in [-0.39, 0.29) is 18.0 Å². The van der Waals surface area contributed by atoms with Crippen molar-refractivity contribution in [2.75, 3.05) is 11.4 Å². The molecule has 3 N–H and O–H groups in total. The zero-order valence-electron chi connectivity index (χ0n) is 17.8. The number of anilines is 1. The van der Waals surface area contributed by atoms with E-state index in [4.69, 9.17) is 0 Å². The Hall–Kier alpha value is -3.28. The van der Waals surface area contributed by atoms with Crippen LogP contribution in [0.3, 0.4) is 0 Å².